The second-order valence-corrected chi connectivity index (χ2v) is 7.84. The zero-order chi connectivity index (χ0) is 21.3. The zero-order valence-corrected chi connectivity index (χ0v) is 17.7. The smallest absolute Gasteiger partial charge is 0.325 e. The molecular formula is C23H18BrN3O3. The Labute approximate surface area is 180 Å². The van der Waals surface area contributed by atoms with E-state index in [9.17, 15) is 14.4 Å². The summed E-state index contributed by atoms with van der Waals surface area (Å²) < 4.78 is 3.12. The Morgan fingerprint density at radius 2 is 1.67 bits per heavy atom. The van der Waals surface area contributed by atoms with Crippen molar-refractivity contribution in [3.63, 3.8) is 0 Å². The number of rotatable bonds is 4. The Morgan fingerprint density at radius 3 is 2.37 bits per heavy atom. The molecular weight excluding hydrogens is 446 g/mol. The maximum absolute atomic E-state index is 13.3. The van der Waals surface area contributed by atoms with Gasteiger partial charge in [0.25, 0.3) is 5.56 Å². The fourth-order valence-electron chi connectivity index (χ4n) is 3.28. The molecule has 0 bridgehead atoms. The van der Waals surface area contributed by atoms with Gasteiger partial charge < -0.3 is 5.32 Å². The van der Waals surface area contributed by atoms with Gasteiger partial charge in [-0.1, -0.05) is 51.8 Å². The second kappa shape index (κ2) is 8.12. The van der Waals surface area contributed by atoms with Gasteiger partial charge in [0.05, 0.1) is 16.6 Å². The van der Waals surface area contributed by atoms with Crippen LogP contribution in [0, 0.1) is 6.92 Å². The lowest BCUT2D eigenvalue weighted by molar-refractivity contribution is -0.116. The minimum atomic E-state index is -0.569. The predicted octanol–water partition coefficient (Wildman–Crippen LogP) is 3.86. The lowest BCUT2D eigenvalue weighted by atomic mass is 10.2. The van der Waals surface area contributed by atoms with Crippen LogP contribution in [0.4, 0.5) is 5.69 Å². The number of halogens is 1. The molecule has 0 spiro atoms. The summed E-state index contributed by atoms with van der Waals surface area (Å²) in [6.45, 7) is 1.74. The van der Waals surface area contributed by atoms with E-state index in [-0.39, 0.29) is 12.5 Å². The molecule has 0 atom stereocenters. The number of amides is 1. The SMILES string of the molecule is Cc1ccc(NC(=O)Cn2c(=O)n(-c3ccccc3)c(=O)c3cc(Br)ccc32)cc1. The first-order chi connectivity index (χ1) is 14.4. The van der Waals surface area contributed by atoms with Gasteiger partial charge in [-0.15, -0.1) is 0 Å². The van der Waals surface area contributed by atoms with Gasteiger partial charge in [-0.2, -0.15) is 0 Å². The zero-order valence-electron chi connectivity index (χ0n) is 16.1. The normalized spacial score (nSPS) is 10.9. The Kier molecular flexibility index (Phi) is 5.37. The van der Waals surface area contributed by atoms with Crippen molar-refractivity contribution in [2.75, 3.05) is 5.32 Å². The van der Waals surface area contributed by atoms with Gasteiger partial charge in [0.2, 0.25) is 5.91 Å². The molecule has 6 nitrogen and oxygen atoms in total. The third-order valence-corrected chi connectivity index (χ3v) is 5.25. The van der Waals surface area contributed by atoms with E-state index in [2.05, 4.69) is 21.2 Å². The molecule has 1 heterocycles. The Hall–Kier alpha value is -3.45. The maximum Gasteiger partial charge on any atom is 0.336 e. The molecule has 150 valence electrons. The molecule has 0 fully saturated rings. The van der Waals surface area contributed by atoms with Crippen LogP contribution in [0.2, 0.25) is 0 Å². The number of nitrogens with one attached hydrogen (secondary N) is 1. The fraction of sp³-hybridized carbons (Fsp3) is 0.0870. The monoisotopic (exact) mass is 463 g/mol. The predicted molar refractivity (Wildman–Crippen MR) is 121 cm³/mol. The minimum absolute atomic E-state index is 0.224. The first kappa shape index (κ1) is 19.8. The number of nitrogens with zero attached hydrogens (tertiary/aromatic N) is 2. The van der Waals surface area contributed by atoms with Crippen molar-refractivity contribution in [2.45, 2.75) is 13.5 Å². The quantitative estimate of drug-likeness (QED) is 0.499. The molecule has 0 unspecified atom stereocenters. The molecule has 4 aromatic rings. The number of carbonyl (C=O) groups excluding carboxylic acids is 1. The Bertz CT molecular complexity index is 1360. The molecule has 0 aliphatic heterocycles. The summed E-state index contributed by atoms with van der Waals surface area (Å²) in [5, 5.41) is 3.14. The molecule has 7 heteroatoms. The van der Waals surface area contributed by atoms with E-state index in [4.69, 9.17) is 0 Å². The van der Waals surface area contributed by atoms with E-state index in [0.29, 0.717) is 26.8 Å². The van der Waals surface area contributed by atoms with Gasteiger partial charge in [-0.05, 0) is 49.4 Å². The van der Waals surface area contributed by atoms with Crippen molar-refractivity contribution in [3.8, 4) is 5.69 Å². The molecule has 1 amide bonds. The van der Waals surface area contributed by atoms with E-state index in [1.54, 1.807) is 60.7 Å². The van der Waals surface area contributed by atoms with Crippen LogP contribution < -0.4 is 16.6 Å². The van der Waals surface area contributed by atoms with E-state index in [1.807, 2.05) is 19.1 Å². The molecule has 0 saturated heterocycles. The molecule has 3 aromatic carbocycles. The average Bonchev–Trinajstić information content (AvgIpc) is 2.74. The second-order valence-electron chi connectivity index (χ2n) is 6.92. The highest BCUT2D eigenvalue weighted by molar-refractivity contribution is 9.10. The van der Waals surface area contributed by atoms with E-state index in [0.717, 1.165) is 10.1 Å². The highest BCUT2D eigenvalue weighted by Gasteiger charge is 2.17. The maximum atomic E-state index is 13.3. The number of aromatic nitrogens is 2. The number of hydrogen-bond donors (Lipinski definition) is 1. The van der Waals surface area contributed by atoms with Crippen molar-refractivity contribution >= 4 is 38.4 Å². The summed E-state index contributed by atoms with van der Waals surface area (Å²) in [5.41, 5.74) is 1.57. The van der Waals surface area contributed by atoms with Crippen LogP contribution in [-0.4, -0.2) is 15.0 Å². The van der Waals surface area contributed by atoms with E-state index in [1.165, 1.54) is 4.57 Å². The first-order valence-corrected chi connectivity index (χ1v) is 10.1. The summed E-state index contributed by atoms with van der Waals surface area (Å²) >= 11 is 3.38. The molecule has 0 aliphatic rings. The average molecular weight is 464 g/mol. The molecule has 1 aromatic heterocycles. The highest BCUT2D eigenvalue weighted by Crippen LogP contribution is 2.17. The van der Waals surface area contributed by atoms with E-state index < -0.39 is 11.2 Å². The molecule has 1 N–H and O–H groups in total. The van der Waals surface area contributed by atoms with Crippen LogP contribution in [0.3, 0.4) is 0 Å². The van der Waals surface area contributed by atoms with E-state index >= 15 is 0 Å². The molecule has 0 aliphatic carbocycles. The Morgan fingerprint density at radius 1 is 0.967 bits per heavy atom. The standard InChI is InChI=1S/C23H18BrN3O3/c1-15-7-10-17(11-8-15)25-21(28)14-26-20-12-9-16(24)13-19(20)22(29)27(23(26)30)18-5-3-2-4-6-18/h2-13H,14H2,1H3,(H,25,28). The highest BCUT2D eigenvalue weighted by atomic mass is 79.9. The molecule has 4 rings (SSSR count). The summed E-state index contributed by atoms with van der Waals surface area (Å²) in [6, 6.07) is 21.1. The fourth-order valence-corrected chi connectivity index (χ4v) is 3.65. The third kappa shape index (κ3) is 3.84. The van der Waals surface area contributed by atoms with Crippen molar-refractivity contribution in [2.24, 2.45) is 0 Å². The number of para-hydroxylation sites is 1. The van der Waals surface area contributed by atoms with Gasteiger partial charge in [0, 0.05) is 10.2 Å². The lowest BCUT2D eigenvalue weighted by Crippen LogP contribution is -2.40. The number of fused-ring (bicyclic) bond motifs is 1. The van der Waals surface area contributed by atoms with Crippen LogP contribution in [0.5, 0.6) is 0 Å². The number of anilines is 1. The summed E-state index contributed by atoms with van der Waals surface area (Å²) in [4.78, 5) is 39.0. The summed E-state index contributed by atoms with van der Waals surface area (Å²) in [7, 11) is 0. The number of carbonyl (C=O) groups is 1. The molecule has 30 heavy (non-hydrogen) atoms. The number of benzene rings is 3. The van der Waals surface area contributed by atoms with Gasteiger partial charge in [-0.25, -0.2) is 9.36 Å². The summed E-state index contributed by atoms with van der Waals surface area (Å²) in [6.07, 6.45) is 0. The number of hydrogen-bond acceptors (Lipinski definition) is 3. The van der Waals surface area contributed by atoms with Gasteiger partial charge in [-0.3, -0.25) is 14.2 Å². The Balaban J connectivity index is 1.84. The first-order valence-electron chi connectivity index (χ1n) is 9.31. The topological polar surface area (TPSA) is 73.1 Å². The van der Waals surface area contributed by atoms with Crippen molar-refractivity contribution < 1.29 is 4.79 Å². The van der Waals surface area contributed by atoms with Crippen LogP contribution in [0.25, 0.3) is 16.6 Å². The van der Waals surface area contributed by atoms with Crippen molar-refractivity contribution in [1.29, 1.82) is 0 Å². The number of aryl methyl sites for hydroxylation is 1. The lowest BCUT2D eigenvalue weighted by Gasteiger charge is -2.14. The van der Waals surface area contributed by atoms with Crippen molar-refractivity contribution in [3.05, 3.63) is 104 Å². The third-order valence-electron chi connectivity index (χ3n) is 4.76. The van der Waals surface area contributed by atoms with Crippen LogP contribution in [0.1, 0.15) is 5.56 Å². The van der Waals surface area contributed by atoms with Crippen LogP contribution in [0.15, 0.2) is 86.9 Å². The van der Waals surface area contributed by atoms with Crippen LogP contribution in [-0.2, 0) is 11.3 Å². The molecule has 0 radical (unpaired) electrons. The van der Waals surface area contributed by atoms with Gasteiger partial charge >= 0.3 is 5.69 Å². The van der Waals surface area contributed by atoms with Gasteiger partial charge in [0.15, 0.2) is 0 Å². The molecule has 0 saturated carbocycles. The largest absolute Gasteiger partial charge is 0.336 e. The van der Waals surface area contributed by atoms with Crippen LogP contribution >= 0.6 is 15.9 Å². The summed E-state index contributed by atoms with van der Waals surface area (Å²) in [5.74, 6) is -0.358. The van der Waals surface area contributed by atoms with Crippen molar-refractivity contribution in [1.82, 2.24) is 9.13 Å². The minimum Gasteiger partial charge on any atom is -0.325 e. The van der Waals surface area contributed by atoms with Gasteiger partial charge in [0.1, 0.15) is 6.54 Å².